The van der Waals surface area contributed by atoms with Gasteiger partial charge in [-0.15, -0.1) is 0 Å². The lowest BCUT2D eigenvalue weighted by Crippen LogP contribution is -2.25. The Balaban J connectivity index is 2.12. The number of hydrazone groups is 1. The molecule has 1 unspecified atom stereocenters. The van der Waals surface area contributed by atoms with Crippen LogP contribution in [0.2, 0.25) is 0 Å². The SMILES string of the molecule is COc1cc(OC)c(OC)cc1/C=N/NC(=O)C(O)c1ccccc1. The quantitative estimate of drug-likeness (QED) is 0.591. The van der Waals surface area contributed by atoms with Crippen molar-refractivity contribution < 1.29 is 24.1 Å². The van der Waals surface area contributed by atoms with Crippen LogP contribution in [0.5, 0.6) is 17.2 Å². The molecule has 0 fully saturated rings. The number of carbonyl (C=O) groups excluding carboxylic acids is 1. The van der Waals surface area contributed by atoms with Gasteiger partial charge in [-0.05, 0) is 11.6 Å². The second kappa shape index (κ2) is 8.70. The van der Waals surface area contributed by atoms with Crippen LogP contribution in [0.4, 0.5) is 0 Å². The van der Waals surface area contributed by atoms with Crippen molar-refractivity contribution in [1.82, 2.24) is 5.43 Å². The summed E-state index contributed by atoms with van der Waals surface area (Å²) in [5.41, 5.74) is 3.36. The average Bonchev–Trinajstić information content (AvgIpc) is 2.67. The molecule has 0 aromatic heterocycles. The van der Waals surface area contributed by atoms with Gasteiger partial charge in [0.25, 0.3) is 5.91 Å². The number of aliphatic hydroxyl groups excluding tert-OH is 1. The predicted molar refractivity (Wildman–Crippen MR) is 93.2 cm³/mol. The topological polar surface area (TPSA) is 89.4 Å². The van der Waals surface area contributed by atoms with Gasteiger partial charge in [-0.2, -0.15) is 5.10 Å². The smallest absolute Gasteiger partial charge is 0.273 e. The minimum Gasteiger partial charge on any atom is -0.496 e. The van der Waals surface area contributed by atoms with Crippen LogP contribution in [0.15, 0.2) is 47.6 Å². The number of nitrogens with one attached hydrogen (secondary N) is 1. The predicted octanol–water partition coefficient (Wildman–Crippen LogP) is 1.90. The van der Waals surface area contributed by atoms with E-state index in [4.69, 9.17) is 14.2 Å². The van der Waals surface area contributed by atoms with Crippen LogP contribution >= 0.6 is 0 Å². The molecule has 0 bridgehead atoms. The normalized spacial score (nSPS) is 11.8. The molecule has 1 atom stereocenters. The van der Waals surface area contributed by atoms with Gasteiger partial charge in [0.2, 0.25) is 0 Å². The number of ether oxygens (including phenoxy) is 3. The molecule has 0 aliphatic carbocycles. The summed E-state index contributed by atoms with van der Waals surface area (Å²) in [6, 6.07) is 11.9. The zero-order valence-electron chi connectivity index (χ0n) is 14.2. The van der Waals surface area contributed by atoms with Gasteiger partial charge in [-0.1, -0.05) is 30.3 Å². The van der Waals surface area contributed by atoms with Gasteiger partial charge >= 0.3 is 0 Å². The maximum atomic E-state index is 12.0. The summed E-state index contributed by atoms with van der Waals surface area (Å²) in [7, 11) is 4.55. The van der Waals surface area contributed by atoms with Crippen LogP contribution < -0.4 is 19.6 Å². The highest BCUT2D eigenvalue weighted by Crippen LogP contribution is 2.33. The van der Waals surface area contributed by atoms with Crippen LogP contribution in [0, 0.1) is 0 Å². The summed E-state index contributed by atoms with van der Waals surface area (Å²) in [6.45, 7) is 0. The van der Waals surface area contributed by atoms with Crippen LogP contribution in [0.25, 0.3) is 0 Å². The lowest BCUT2D eigenvalue weighted by atomic mass is 10.1. The molecule has 0 heterocycles. The van der Waals surface area contributed by atoms with Gasteiger partial charge in [-0.3, -0.25) is 4.79 Å². The van der Waals surface area contributed by atoms with E-state index in [1.165, 1.54) is 27.5 Å². The first-order chi connectivity index (χ1) is 12.1. The van der Waals surface area contributed by atoms with Gasteiger partial charge in [0.1, 0.15) is 5.75 Å². The second-order valence-corrected chi connectivity index (χ2v) is 5.00. The number of aliphatic hydroxyl groups is 1. The van der Waals surface area contributed by atoms with E-state index in [0.29, 0.717) is 28.4 Å². The maximum absolute atomic E-state index is 12.0. The zero-order chi connectivity index (χ0) is 18.2. The number of carbonyl (C=O) groups is 1. The van der Waals surface area contributed by atoms with E-state index >= 15 is 0 Å². The van der Waals surface area contributed by atoms with Crippen LogP contribution in [0.1, 0.15) is 17.2 Å². The van der Waals surface area contributed by atoms with Crippen molar-refractivity contribution in [2.45, 2.75) is 6.10 Å². The van der Waals surface area contributed by atoms with Crippen LogP contribution in [0.3, 0.4) is 0 Å². The Morgan fingerprint density at radius 1 is 1.04 bits per heavy atom. The lowest BCUT2D eigenvalue weighted by Gasteiger charge is -2.12. The number of methoxy groups -OCH3 is 3. The number of nitrogens with zero attached hydrogens (tertiary/aromatic N) is 1. The van der Waals surface area contributed by atoms with Crippen molar-refractivity contribution in [2.75, 3.05) is 21.3 Å². The molecular weight excluding hydrogens is 324 g/mol. The fraction of sp³-hybridized carbons (Fsp3) is 0.222. The van der Waals surface area contributed by atoms with Crippen molar-refractivity contribution in [3.05, 3.63) is 53.6 Å². The molecule has 1 amide bonds. The van der Waals surface area contributed by atoms with Gasteiger partial charge in [0, 0.05) is 11.6 Å². The largest absolute Gasteiger partial charge is 0.496 e. The Bertz CT molecular complexity index is 747. The highest BCUT2D eigenvalue weighted by molar-refractivity contribution is 5.87. The molecule has 25 heavy (non-hydrogen) atoms. The number of benzene rings is 2. The summed E-state index contributed by atoms with van der Waals surface area (Å²) >= 11 is 0. The Morgan fingerprint density at radius 2 is 1.64 bits per heavy atom. The number of amides is 1. The van der Waals surface area contributed by atoms with Crippen molar-refractivity contribution in [2.24, 2.45) is 5.10 Å². The van der Waals surface area contributed by atoms with E-state index in [-0.39, 0.29) is 0 Å². The molecule has 0 aliphatic heterocycles. The average molecular weight is 344 g/mol. The standard InChI is InChI=1S/C18H20N2O5/c1-23-14-10-16(25-3)15(24-2)9-13(14)11-19-20-18(22)17(21)12-7-5-4-6-8-12/h4-11,17,21H,1-3H3,(H,20,22)/b19-11+. The summed E-state index contributed by atoms with van der Waals surface area (Å²) in [4.78, 5) is 12.0. The molecule has 2 aromatic carbocycles. The molecule has 2 rings (SSSR count). The van der Waals surface area contributed by atoms with Gasteiger partial charge in [0.15, 0.2) is 17.6 Å². The van der Waals surface area contributed by atoms with E-state index in [1.807, 2.05) is 0 Å². The third kappa shape index (κ3) is 4.48. The summed E-state index contributed by atoms with van der Waals surface area (Å²) in [5.74, 6) is 0.876. The molecule has 0 radical (unpaired) electrons. The van der Waals surface area contributed by atoms with E-state index < -0.39 is 12.0 Å². The molecular formula is C18H20N2O5. The Hall–Kier alpha value is -3.06. The molecule has 0 spiro atoms. The van der Waals surface area contributed by atoms with Crippen LogP contribution in [-0.2, 0) is 4.79 Å². The molecule has 7 heteroatoms. The molecule has 0 aliphatic rings. The van der Waals surface area contributed by atoms with Crippen molar-refractivity contribution in [3.63, 3.8) is 0 Å². The number of hydrogen-bond acceptors (Lipinski definition) is 6. The third-order valence-corrected chi connectivity index (χ3v) is 3.48. The summed E-state index contributed by atoms with van der Waals surface area (Å²) in [6.07, 6.45) is 0.0989. The Morgan fingerprint density at radius 3 is 2.24 bits per heavy atom. The van der Waals surface area contributed by atoms with E-state index in [2.05, 4.69) is 10.5 Å². The van der Waals surface area contributed by atoms with Gasteiger partial charge in [-0.25, -0.2) is 5.43 Å². The lowest BCUT2D eigenvalue weighted by molar-refractivity contribution is -0.129. The van der Waals surface area contributed by atoms with Crippen molar-refractivity contribution in [1.29, 1.82) is 0 Å². The zero-order valence-corrected chi connectivity index (χ0v) is 14.2. The van der Waals surface area contributed by atoms with E-state index in [1.54, 1.807) is 42.5 Å². The summed E-state index contributed by atoms with van der Waals surface area (Å²) in [5, 5.41) is 13.9. The first-order valence-electron chi connectivity index (χ1n) is 7.46. The molecule has 0 saturated carbocycles. The molecule has 0 saturated heterocycles. The highest BCUT2D eigenvalue weighted by atomic mass is 16.5. The van der Waals surface area contributed by atoms with E-state index in [9.17, 15) is 9.90 Å². The maximum Gasteiger partial charge on any atom is 0.273 e. The fourth-order valence-corrected chi connectivity index (χ4v) is 2.17. The van der Waals surface area contributed by atoms with Crippen molar-refractivity contribution >= 4 is 12.1 Å². The van der Waals surface area contributed by atoms with Crippen molar-refractivity contribution in [3.8, 4) is 17.2 Å². The molecule has 7 nitrogen and oxygen atoms in total. The molecule has 2 N–H and O–H groups in total. The van der Waals surface area contributed by atoms with E-state index in [0.717, 1.165) is 0 Å². The Labute approximate surface area is 145 Å². The molecule has 132 valence electrons. The van der Waals surface area contributed by atoms with Gasteiger partial charge in [0.05, 0.1) is 27.5 Å². The first-order valence-corrected chi connectivity index (χ1v) is 7.46. The second-order valence-electron chi connectivity index (χ2n) is 5.00. The van der Waals surface area contributed by atoms with Gasteiger partial charge < -0.3 is 19.3 Å². The monoisotopic (exact) mass is 344 g/mol. The minimum atomic E-state index is -1.30. The first kappa shape index (κ1) is 18.3. The minimum absolute atomic E-state index is 0.485. The molecule has 2 aromatic rings. The highest BCUT2D eigenvalue weighted by Gasteiger charge is 2.16. The number of hydrogen-bond donors (Lipinski definition) is 2. The third-order valence-electron chi connectivity index (χ3n) is 3.48. The van der Waals surface area contributed by atoms with Crippen LogP contribution in [-0.4, -0.2) is 38.6 Å². The Kier molecular flexibility index (Phi) is 6.36. The summed E-state index contributed by atoms with van der Waals surface area (Å²) < 4.78 is 15.7. The fourth-order valence-electron chi connectivity index (χ4n) is 2.17. The number of rotatable bonds is 7.